The molecule has 2 aliphatic rings. The Labute approximate surface area is 156 Å². The van der Waals surface area contributed by atoms with Gasteiger partial charge in [0, 0.05) is 32.2 Å². The Hall–Kier alpha value is -1.65. The van der Waals surface area contributed by atoms with E-state index in [4.69, 9.17) is 0 Å². The second-order valence-electron chi connectivity index (χ2n) is 6.89. The minimum Gasteiger partial charge on any atom is -0.352 e. The number of hydrogen-bond acceptors (Lipinski definition) is 4. The zero-order valence-corrected chi connectivity index (χ0v) is 15.7. The molecule has 1 amide bonds. The van der Waals surface area contributed by atoms with E-state index in [1.54, 1.807) is 6.92 Å². The number of piperazine rings is 1. The number of alkyl halides is 3. The average molecular weight is 405 g/mol. The van der Waals surface area contributed by atoms with Gasteiger partial charge < -0.3 is 5.32 Å². The fraction of sp³-hybridized carbons (Fsp3) is 0.588. The molecule has 27 heavy (non-hydrogen) atoms. The molecule has 3 rings (SSSR count). The van der Waals surface area contributed by atoms with E-state index in [1.807, 2.05) is 4.90 Å². The first-order valence-electron chi connectivity index (χ1n) is 8.81. The Balaban J connectivity index is 1.69. The number of rotatable bonds is 5. The molecule has 1 heterocycles. The van der Waals surface area contributed by atoms with Gasteiger partial charge in [-0.05, 0) is 31.9 Å². The molecule has 0 spiro atoms. The maximum atomic E-state index is 13.2. The third-order valence-corrected chi connectivity index (χ3v) is 6.89. The molecular weight excluding hydrogens is 383 g/mol. The highest BCUT2D eigenvalue weighted by Crippen LogP contribution is 2.35. The van der Waals surface area contributed by atoms with Gasteiger partial charge in [-0.3, -0.25) is 9.69 Å². The van der Waals surface area contributed by atoms with E-state index in [2.05, 4.69) is 5.32 Å². The summed E-state index contributed by atoms with van der Waals surface area (Å²) in [6.07, 6.45) is -2.80. The number of amides is 1. The summed E-state index contributed by atoms with van der Waals surface area (Å²) in [5.41, 5.74) is -1.16. The minimum atomic E-state index is -4.75. The van der Waals surface area contributed by atoms with E-state index in [-0.39, 0.29) is 38.1 Å². The molecule has 1 saturated heterocycles. The fourth-order valence-corrected chi connectivity index (χ4v) is 4.75. The minimum absolute atomic E-state index is 0.0373. The van der Waals surface area contributed by atoms with Crippen LogP contribution in [0.2, 0.25) is 0 Å². The maximum Gasteiger partial charge on any atom is 0.417 e. The van der Waals surface area contributed by atoms with Crippen LogP contribution in [-0.4, -0.2) is 61.8 Å². The first kappa shape index (κ1) is 20.1. The SMILES string of the molecule is C[C@H](C(=O)NC1CC1)N1CCN(S(=O)(=O)c2ccccc2C(F)(F)F)CC1. The Kier molecular flexibility index (Phi) is 5.51. The predicted molar refractivity (Wildman–Crippen MR) is 92.4 cm³/mol. The lowest BCUT2D eigenvalue weighted by molar-refractivity contribution is -0.140. The van der Waals surface area contributed by atoms with Crippen LogP contribution >= 0.6 is 0 Å². The zero-order valence-electron chi connectivity index (χ0n) is 14.9. The number of hydrogen-bond donors (Lipinski definition) is 1. The Bertz CT molecular complexity index is 801. The van der Waals surface area contributed by atoms with Gasteiger partial charge in [-0.2, -0.15) is 17.5 Å². The summed E-state index contributed by atoms with van der Waals surface area (Å²) < 4.78 is 66.1. The molecule has 1 atom stereocenters. The number of halogens is 3. The molecule has 1 aliphatic heterocycles. The van der Waals surface area contributed by atoms with Crippen LogP contribution < -0.4 is 5.32 Å². The van der Waals surface area contributed by atoms with Crippen molar-refractivity contribution in [3.63, 3.8) is 0 Å². The van der Waals surface area contributed by atoms with Crippen molar-refractivity contribution in [1.29, 1.82) is 0 Å². The van der Waals surface area contributed by atoms with E-state index < -0.39 is 32.7 Å². The van der Waals surface area contributed by atoms with E-state index >= 15 is 0 Å². The van der Waals surface area contributed by atoms with Crippen LogP contribution in [0.1, 0.15) is 25.3 Å². The van der Waals surface area contributed by atoms with Crippen molar-refractivity contribution in [2.24, 2.45) is 0 Å². The van der Waals surface area contributed by atoms with Crippen LogP contribution in [0.5, 0.6) is 0 Å². The second-order valence-corrected chi connectivity index (χ2v) is 8.80. The van der Waals surface area contributed by atoms with Crippen molar-refractivity contribution in [2.75, 3.05) is 26.2 Å². The van der Waals surface area contributed by atoms with Crippen LogP contribution in [0.25, 0.3) is 0 Å². The first-order chi connectivity index (χ1) is 12.6. The topological polar surface area (TPSA) is 69.7 Å². The third kappa shape index (κ3) is 4.44. The lowest BCUT2D eigenvalue weighted by atomic mass is 10.2. The molecule has 1 N–H and O–H groups in total. The molecule has 0 radical (unpaired) electrons. The Morgan fingerprint density at radius 3 is 2.30 bits per heavy atom. The van der Waals surface area contributed by atoms with Crippen LogP contribution in [0, 0.1) is 0 Å². The smallest absolute Gasteiger partial charge is 0.352 e. The Morgan fingerprint density at radius 1 is 1.15 bits per heavy atom. The molecule has 0 unspecified atom stereocenters. The van der Waals surface area contributed by atoms with E-state index in [9.17, 15) is 26.4 Å². The molecule has 0 bridgehead atoms. The third-order valence-electron chi connectivity index (χ3n) is 4.93. The van der Waals surface area contributed by atoms with E-state index in [0.717, 1.165) is 29.3 Å². The van der Waals surface area contributed by atoms with Crippen LogP contribution in [0.4, 0.5) is 13.2 Å². The number of sulfonamides is 1. The summed E-state index contributed by atoms with van der Waals surface area (Å²) in [5.74, 6) is -0.101. The van der Waals surface area contributed by atoms with Gasteiger partial charge in [0.05, 0.1) is 16.5 Å². The number of nitrogens with one attached hydrogen (secondary N) is 1. The zero-order chi connectivity index (χ0) is 19.8. The standard InChI is InChI=1S/C17H22F3N3O3S/c1-12(16(24)21-13-6-7-13)22-8-10-23(11-9-22)27(25,26)15-5-3-2-4-14(15)17(18,19)20/h2-5,12-13H,6-11H2,1H3,(H,21,24)/t12-/m1/s1. The average Bonchev–Trinajstić information content (AvgIpc) is 3.44. The summed E-state index contributed by atoms with van der Waals surface area (Å²) in [7, 11) is -4.27. The van der Waals surface area contributed by atoms with E-state index in [1.165, 1.54) is 12.1 Å². The summed E-state index contributed by atoms with van der Waals surface area (Å²) in [6.45, 7) is 2.39. The van der Waals surface area contributed by atoms with E-state index in [0.29, 0.717) is 0 Å². The van der Waals surface area contributed by atoms with Crippen LogP contribution in [0.15, 0.2) is 29.2 Å². The summed E-state index contributed by atoms with van der Waals surface area (Å²) in [4.78, 5) is 13.3. The van der Waals surface area contributed by atoms with Gasteiger partial charge in [0.1, 0.15) is 0 Å². The summed E-state index contributed by atoms with van der Waals surface area (Å²) in [6, 6.07) is 4.03. The van der Waals surface area contributed by atoms with Crippen molar-refractivity contribution in [3.05, 3.63) is 29.8 Å². The van der Waals surface area contributed by atoms with Crippen molar-refractivity contribution < 1.29 is 26.4 Å². The summed E-state index contributed by atoms with van der Waals surface area (Å²) >= 11 is 0. The quantitative estimate of drug-likeness (QED) is 0.809. The largest absolute Gasteiger partial charge is 0.417 e. The normalized spacial score (nSPS) is 21.0. The molecule has 1 aliphatic carbocycles. The molecule has 1 saturated carbocycles. The molecule has 10 heteroatoms. The number of nitrogens with zero attached hydrogens (tertiary/aromatic N) is 2. The molecule has 1 aromatic carbocycles. The highest BCUT2D eigenvalue weighted by Gasteiger charge is 2.40. The maximum absolute atomic E-state index is 13.2. The summed E-state index contributed by atoms with van der Waals surface area (Å²) in [5, 5.41) is 2.90. The van der Waals surface area contributed by atoms with Crippen LogP contribution in [0.3, 0.4) is 0 Å². The number of carbonyl (C=O) groups excluding carboxylic acids is 1. The highest BCUT2D eigenvalue weighted by atomic mass is 32.2. The van der Waals surface area contributed by atoms with Crippen molar-refractivity contribution in [1.82, 2.24) is 14.5 Å². The lowest BCUT2D eigenvalue weighted by Crippen LogP contribution is -2.55. The molecular formula is C17H22F3N3O3S. The van der Waals surface area contributed by atoms with Crippen molar-refractivity contribution in [2.45, 2.75) is 42.9 Å². The molecule has 1 aromatic rings. The molecule has 0 aromatic heterocycles. The van der Waals surface area contributed by atoms with Gasteiger partial charge in [0.2, 0.25) is 15.9 Å². The van der Waals surface area contributed by atoms with Gasteiger partial charge in [-0.15, -0.1) is 0 Å². The Morgan fingerprint density at radius 2 is 1.74 bits per heavy atom. The van der Waals surface area contributed by atoms with Gasteiger partial charge in [-0.25, -0.2) is 8.42 Å². The van der Waals surface area contributed by atoms with Gasteiger partial charge in [0.15, 0.2) is 0 Å². The number of benzene rings is 1. The predicted octanol–water partition coefficient (Wildman–Crippen LogP) is 1.68. The molecule has 6 nitrogen and oxygen atoms in total. The van der Waals surface area contributed by atoms with Gasteiger partial charge in [0.25, 0.3) is 0 Å². The first-order valence-corrected chi connectivity index (χ1v) is 10.3. The highest BCUT2D eigenvalue weighted by molar-refractivity contribution is 7.89. The molecule has 150 valence electrons. The van der Waals surface area contributed by atoms with Crippen molar-refractivity contribution in [3.8, 4) is 0 Å². The van der Waals surface area contributed by atoms with Gasteiger partial charge >= 0.3 is 6.18 Å². The lowest BCUT2D eigenvalue weighted by Gasteiger charge is -2.37. The monoisotopic (exact) mass is 405 g/mol. The van der Waals surface area contributed by atoms with Crippen LogP contribution in [-0.2, 0) is 21.0 Å². The second kappa shape index (κ2) is 7.40. The van der Waals surface area contributed by atoms with Gasteiger partial charge in [-0.1, -0.05) is 12.1 Å². The fourth-order valence-electron chi connectivity index (χ4n) is 3.11. The number of carbonyl (C=O) groups is 1. The van der Waals surface area contributed by atoms with Crippen molar-refractivity contribution >= 4 is 15.9 Å². The molecule has 2 fully saturated rings.